The summed E-state index contributed by atoms with van der Waals surface area (Å²) in [5.74, 6) is 0.530. The lowest BCUT2D eigenvalue weighted by Crippen LogP contribution is -1.97. The van der Waals surface area contributed by atoms with Gasteiger partial charge in [-0.05, 0) is 23.8 Å². The monoisotopic (exact) mass is 202 g/mol. The average Bonchev–Trinajstić information content (AvgIpc) is 2.17. The molecule has 0 aliphatic rings. The van der Waals surface area contributed by atoms with Crippen LogP contribution >= 0.6 is 11.6 Å². The summed E-state index contributed by atoms with van der Waals surface area (Å²) in [6.45, 7) is 1.38. The molecule has 1 atom stereocenters. The summed E-state index contributed by atoms with van der Waals surface area (Å²) in [6, 6.07) is 5.26. The maximum atomic E-state index is 12.4. The molecule has 72 valence electrons. The number of hydrogen-bond donors (Lipinski definition) is 0. The predicted octanol–water partition coefficient (Wildman–Crippen LogP) is 3.42. The molecular weight excluding hydrogens is 191 g/mol. The Kier molecular flexibility index (Phi) is 3.55. The van der Waals surface area contributed by atoms with Crippen molar-refractivity contribution in [2.75, 3.05) is 13.8 Å². The molecule has 0 saturated heterocycles. The van der Waals surface area contributed by atoms with E-state index in [0.29, 0.717) is 10.8 Å². The van der Waals surface area contributed by atoms with Crippen LogP contribution in [-0.4, -0.2) is 13.8 Å². The lowest BCUT2D eigenvalue weighted by Gasteiger charge is -2.10. The first-order valence-corrected chi connectivity index (χ1v) is 4.46. The average molecular weight is 203 g/mol. The fourth-order valence-corrected chi connectivity index (χ4v) is 1.41. The summed E-state index contributed by atoms with van der Waals surface area (Å²) in [4.78, 5) is 0. The molecule has 0 heterocycles. The number of methoxy groups -OCH3 is 1. The Morgan fingerprint density at radius 1 is 1.54 bits per heavy atom. The first-order chi connectivity index (χ1) is 6.19. The topological polar surface area (TPSA) is 9.23 Å². The van der Waals surface area contributed by atoms with Gasteiger partial charge in [0.05, 0.1) is 13.8 Å². The Bertz CT molecular complexity index is 288. The molecule has 0 amide bonds. The van der Waals surface area contributed by atoms with E-state index in [0.717, 1.165) is 5.56 Å². The van der Waals surface area contributed by atoms with Crippen molar-refractivity contribution < 1.29 is 9.13 Å². The quantitative estimate of drug-likeness (QED) is 0.730. The van der Waals surface area contributed by atoms with Crippen LogP contribution in [0.1, 0.15) is 18.4 Å². The van der Waals surface area contributed by atoms with Crippen LogP contribution in [0.25, 0.3) is 0 Å². The first-order valence-electron chi connectivity index (χ1n) is 4.08. The number of rotatable bonds is 3. The molecule has 0 saturated carbocycles. The third-order valence-electron chi connectivity index (χ3n) is 1.97. The number of halogens is 2. The Morgan fingerprint density at radius 2 is 2.23 bits per heavy atom. The molecular formula is C10H12ClFO. The second-order valence-corrected chi connectivity index (χ2v) is 3.35. The third kappa shape index (κ3) is 2.34. The summed E-state index contributed by atoms with van der Waals surface area (Å²) >= 11 is 5.90. The van der Waals surface area contributed by atoms with Crippen LogP contribution in [0.15, 0.2) is 18.2 Å². The highest BCUT2D eigenvalue weighted by molar-refractivity contribution is 6.31. The maximum Gasteiger partial charge on any atom is 0.119 e. The van der Waals surface area contributed by atoms with E-state index in [1.807, 2.05) is 0 Å². The van der Waals surface area contributed by atoms with Crippen molar-refractivity contribution in [1.29, 1.82) is 0 Å². The van der Waals surface area contributed by atoms with Gasteiger partial charge in [-0.15, -0.1) is 0 Å². The predicted molar refractivity (Wildman–Crippen MR) is 52.4 cm³/mol. The first kappa shape index (κ1) is 10.3. The van der Waals surface area contributed by atoms with E-state index in [4.69, 9.17) is 16.3 Å². The summed E-state index contributed by atoms with van der Waals surface area (Å²) in [5, 5.41) is 0.589. The Labute approximate surface area is 82.5 Å². The van der Waals surface area contributed by atoms with Crippen LogP contribution in [-0.2, 0) is 0 Å². The number of ether oxygens (including phenoxy) is 1. The van der Waals surface area contributed by atoms with Gasteiger partial charge in [-0.25, -0.2) is 0 Å². The molecule has 1 rings (SSSR count). The van der Waals surface area contributed by atoms with E-state index in [9.17, 15) is 4.39 Å². The minimum absolute atomic E-state index is 0.178. The Morgan fingerprint density at radius 3 is 2.77 bits per heavy atom. The maximum absolute atomic E-state index is 12.4. The molecule has 0 N–H and O–H groups in total. The molecule has 0 aromatic heterocycles. The second kappa shape index (κ2) is 4.47. The van der Waals surface area contributed by atoms with Gasteiger partial charge in [-0.2, -0.15) is 0 Å². The normalized spacial score (nSPS) is 12.6. The van der Waals surface area contributed by atoms with Gasteiger partial charge in [0.15, 0.2) is 0 Å². The van der Waals surface area contributed by atoms with Gasteiger partial charge in [0.1, 0.15) is 5.75 Å². The molecule has 1 nitrogen and oxygen atoms in total. The fourth-order valence-electron chi connectivity index (χ4n) is 1.11. The van der Waals surface area contributed by atoms with Crippen molar-refractivity contribution >= 4 is 11.6 Å². The zero-order valence-electron chi connectivity index (χ0n) is 7.68. The van der Waals surface area contributed by atoms with Crippen molar-refractivity contribution in [3.8, 4) is 5.75 Å². The van der Waals surface area contributed by atoms with Crippen molar-refractivity contribution in [3.63, 3.8) is 0 Å². The third-order valence-corrected chi connectivity index (χ3v) is 2.31. The molecule has 1 aromatic rings. The van der Waals surface area contributed by atoms with E-state index in [2.05, 4.69) is 0 Å². The van der Waals surface area contributed by atoms with E-state index in [-0.39, 0.29) is 5.92 Å². The highest BCUT2D eigenvalue weighted by Crippen LogP contribution is 2.28. The minimum Gasteiger partial charge on any atom is -0.497 e. The molecule has 0 fully saturated rings. The molecule has 0 spiro atoms. The van der Waals surface area contributed by atoms with Crippen LogP contribution in [0.3, 0.4) is 0 Å². The lowest BCUT2D eigenvalue weighted by molar-refractivity contribution is 0.411. The fraction of sp³-hybridized carbons (Fsp3) is 0.400. The van der Waals surface area contributed by atoms with Crippen LogP contribution in [0.5, 0.6) is 5.75 Å². The largest absolute Gasteiger partial charge is 0.497 e. The zero-order chi connectivity index (χ0) is 9.84. The summed E-state index contributed by atoms with van der Waals surface area (Å²) in [6.07, 6.45) is 0. The van der Waals surface area contributed by atoms with Crippen LogP contribution in [0, 0.1) is 0 Å². The second-order valence-electron chi connectivity index (χ2n) is 2.94. The summed E-state index contributed by atoms with van der Waals surface area (Å²) in [5.41, 5.74) is 0.795. The van der Waals surface area contributed by atoms with E-state index in [1.165, 1.54) is 0 Å². The van der Waals surface area contributed by atoms with Gasteiger partial charge in [0.2, 0.25) is 0 Å². The highest BCUT2D eigenvalue weighted by atomic mass is 35.5. The zero-order valence-corrected chi connectivity index (χ0v) is 8.44. The van der Waals surface area contributed by atoms with Gasteiger partial charge < -0.3 is 4.74 Å². The summed E-state index contributed by atoms with van der Waals surface area (Å²) in [7, 11) is 1.58. The number of hydrogen-bond acceptors (Lipinski definition) is 1. The SMILES string of the molecule is COc1ccc(Cl)c(C(C)CF)c1. The van der Waals surface area contributed by atoms with Crippen LogP contribution < -0.4 is 4.74 Å². The van der Waals surface area contributed by atoms with Gasteiger partial charge in [0, 0.05) is 10.9 Å². The number of benzene rings is 1. The number of alkyl halides is 1. The van der Waals surface area contributed by atoms with Crippen LogP contribution in [0.2, 0.25) is 5.02 Å². The van der Waals surface area contributed by atoms with E-state index >= 15 is 0 Å². The van der Waals surface area contributed by atoms with Gasteiger partial charge in [-0.1, -0.05) is 18.5 Å². The van der Waals surface area contributed by atoms with Crippen molar-refractivity contribution in [1.82, 2.24) is 0 Å². The molecule has 1 aromatic carbocycles. The highest BCUT2D eigenvalue weighted by Gasteiger charge is 2.10. The van der Waals surface area contributed by atoms with Gasteiger partial charge in [-0.3, -0.25) is 4.39 Å². The van der Waals surface area contributed by atoms with Crippen molar-refractivity contribution in [2.24, 2.45) is 0 Å². The van der Waals surface area contributed by atoms with Gasteiger partial charge in [0.25, 0.3) is 0 Å². The lowest BCUT2D eigenvalue weighted by atomic mass is 10.0. The van der Waals surface area contributed by atoms with Gasteiger partial charge >= 0.3 is 0 Å². The van der Waals surface area contributed by atoms with Crippen molar-refractivity contribution in [3.05, 3.63) is 28.8 Å². The molecule has 1 unspecified atom stereocenters. The molecule has 0 aliphatic heterocycles. The standard InChI is InChI=1S/C10H12ClFO/c1-7(6-12)9-5-8(13-2)3-4-10(9)11/h3-5,7H,6H2,1-2H3. The minimum atomic E-state index is -0.410. The Hall–Kier alpha value is -0.760. The molecule has 0 radical (unpaired) electrons. The van der Waals surface area contributed by atoms with E-state index < -0.39 is 6.67 Å². The smallest absolute Gasteiger partial charge is 0.119 e. The molecule has 0 aliphatic carbocycles. The molecule has 3 heteroatoms. The van der Waals surface area contributed by atoms with Crippen molar-refractivity contribution in [2.45, 2.75) is 12.8 Å². The summed E-state index contributed by atoms with van der Waals surface area (Å²) < 4.78 is 17.4. The van der Waals surface area contributed by atoms with E-state index in [1.54, 1.807) is 32.2 Å². The van der Waals surface area contributed by atoms with Crippen LogP contribution in [0.4, 0.5) is 4.39 Å². The molecule has 13 heavy (non-hydrogen) atoms. The Balaban J connectivity index is 3.03. The molecule has 0 bridgehead atoms.